The van der Waals surface area contributed by atoms with Crippen molar-refractivity contribution in [1.29, 1.82) is 0 Å². The molecule has 7 aliphatic rings. The minimum absolute atomic E-state index is 0.172. The Morgan fingerprint density at radius 1 is 0.906 bits per heavy atom. The van der Waals surface area contributed by atoms with Gasteiger partial charge in [-0.2, -0.15) is 0 Å². The second-order valence-electron chi connectivity index (χ2n) is 12.2. The fraction of sp³-hybridized carbons (Fsp3) is 0.875. The highest BCUT2D eigenvalue weighted by molar-refractivity contribution is 5.99. The molecular weight excluding hydrogens is 416 g/mol. The van der Waals surface area contributed by atoms with E-state index < -0.39 is 86.8 Å². The molecule has 0 aliphatic heterocycles. The summed E-state index contributed by atoms with van der Waals surface area (Å²) in [6.45, 7) is 10.3. The van der Waals surface area contributed by atoms with Crippen LogP contribution in [-0.4, -0.2) is 63.6 Å². The lowest BCUT2D eigenvalue weighted by molar-refractivity contribution is -0.424. The van der Waals surface area contributed by atoms with Crippen LogP contribution in [0.4, 0.5) is 0 Å². The molecule has 32 heavy (non-hydrogen) atoms. The Kier molecular flexibility index (Phi) is 3.36. The van der Waals surface area contributed by atoms with Gasteiger partial charge in [-0.15, -0.1) is 0 Å². The predicted octanol–water partition coefficient (Wildman–Crippen LogP) is 0.594. The van der Waals surface area contributed by atoms with Crippen LogP contribution in [0.15, 0.2) is 0 Å². The zero-order valence-corrected chi connectivity index (χ0v) is 19.3. The summed E-state index contributed by atoms with van der Waals surface area (Å²) in [5, 5.41) is 35.2. The molecule has 0 unspecified atom stereocenters. The number of rotatable bonds is 2. The van der Waals surface area contributed by atoms with Crippen molar-refractivity contribution in [2.45, 2.75) is 84.9 Å². The highest BCUT2D eigenvalue weighted by Gasteiger charge is 3.12. The number of aliphatic hydroxyl groups is 3. The van der Waals surface area contributed by atoms with Gasteiger partial charge < -0.3 is 24.8 Å². The van der Waals surface area contributed by atoms with Crippen LogP contribution in [0.2, 0.25) is 0 Å². The Labute approximate surface area is 186 Å². The fourth-order valence-electron chi connectivity index (χ4n) is 12.0. The third-order valence-electron chi connectivity index (χ3n) is 11.8. The molecule has 3 spiro atoms. The van der Waals surface area contributed by atoms with Crippen LogP contribution in [-0.2, 0) is 23.9 Å². The van der Waals surface area contributed by atoms with Gasteiger partial charge in [-0.25, -0.2) is 0 Å². The maximum atomic E-state index is 14.1. The number of ether oxygens (including phenoxy) is 2. The summed E-state index contributed by atoms with van der Waals surface area (Å²) < 4.78 is 11.9. The number of carbonyl (C=O) groups excluding carboxylic acids is 3. The zero-order chi connectivity index (χ0) is 23.6. The van der Waals surface area contributed by atoms with Crippen molar-refractivity contribution in [1.82, 2.24) is 0 Å². The Balaban J connectivity index is 1.80. The third kappa shape index (κ3) is 1.30. The summed E-state index contributed by atoms with van der Waals surface area (Å²) in [5.74, 6) is -2.53. The summed E-state index contributed by atoms with van der Waals surface area (Å²) in [6.07, 6.45) is -4.35. The zero-order valence-electron chi connectivity index (χ0n) is 19.3. The van der Waals surface area contributed by atoms with E-state index in [0.717, 1.165) is 0 Å². The molecule has 6 bridgehead atoms. The molecule has 0 aromatic rings. The lowest BCUT2D eigenvalue weighted by atomic mass is 9.18. The molecule has 0 radical (unpaired) electrons. The molecule has 0 aromatic carbocycles. The van der Waals surface area contributed by atoms with Crippen LogP contribution < -0.4 is 0 Å². The molecule has 0 heterocycles. The number of Topliss-reactive ketones (excluding diaryl/α,β-unsaturated/α-hetero) is 1. The first-order valence-electron chi connectivity index (χ1n) is 11.6. The maximum absolute atomic E-state index is 14.1. The number of hydrogen-bond acceptors (Lipinski definition) is 8. The number of esters is 2. The molecule has 3 N–H and O–H groups in total. The van der Waals surface area contributed by atoms with Crippen molar-refractivity contribution in [2.24, 2.45) is 44.3 Å². The van der Waals surface area contributed by atoms with Crippen LogP contribution in [0, 0.1) is 44.3 Å². The molecule has 8 heteroatoms. The van der Waals surface area contributed by atoms with Crippen molar-refractivity contribution in [3.05, 3.63) is 0 Å². The second-order valence-corrected chi connectivity index (χ2v) is 12.2. The van der Waals surface area contributed by atoms with Gasteiger partial charge in [-0.1, -0.05) is 27.7 Å². The van der Waals surface area contributed by atoms with E-state index in [9.17, 15) is 29.7 Å². The first kappa shape index (κ1) is 21.1. The maximum Gasteiger partial charge on any atom is 0.303 e. The molecular formula is C24H32O8. The number of hydrogen-bond donors (Lipinski definition) is 3. The van der Waals surface area contributed by atoms with E-state index in [4.69, 9.17) is 9.47 Å². The monoisotopic (exact) mass is 448 g/mol. The summed E-state index contributed by atoms with van der Waals surface area (Å²) in [7, 11) is 0. The first-order chi connectivity index (χ1) is 14.7. The van der Waals surface area contributed by atoms with Crippen LogP contribution in [0.5, 0.6) is 0 Å². The van der Waals surface area contributed by atoms with E-state index >= 15 is 0 Å². The second kappa shape index (κ2) is 5.10. The summed E-state index contributed by atoms with van der Waals surface area (Å²) in [4.78, 5) is 38.8. The fourth-order valence-corrected chi connectivity index (χ4v) is 12.0. The molecule has 12 atom stereocenters. The van der Waals surface area contributed by atoms with Gasteiger partial charge in [0.25, 0.3) is 0 Å². The average molecular weight is 449 g/mol. The highest BCUT2D eigenvalue weighted by atomic mass is 16.6. The van der Waals surface area contributed by atoms with Crippen molar-refractivity contribution in [3.63, 3.8) is 0 Å². The quantitative estimate of drug-likeness (QED) is 0.524. The predicted molar refractivity (Wildman–Crippen MR) is 108 cm³/mol. The largest absolute Gasteiger partial charge is 0.462 e. The molecule has 0 saturated heterocycles. The lowest BCUT2D eigenvalue weighted by Gasteiger charge is -2.83. The van der Waals surface area contributed by atoms with E-state index in [1.165, 1.54) is 13.8 Å². The Bertz CT molecular complexity index is 1010. The molecule has 176 valence electrons. The number of aliphatic hydroxyl groups excluding tert-OH is 3. The summed E-state index contributed by atoms with van der Waals surface area (Å²) >= 11 is 0. The van der Waals surface area contributed by atoms with E-state index in [1.54, 1.807) is 6.92 Å². The molecule has 7 saturated carbocycles. The van der Waals surface area contributed by atoms with Gasteiger partial charge >= 0.3 is 11.9 Å². The van der Waals surface area contributed by atoms with Crippen LogP contribution in [0.25, 0.3) is 0 Å². The summed E-state index contributed by atoms with van der Waals surface area (Å²) in [6, 6.07) is 0. The average Bonchev–Trinajstić information content (AvgIpc) is 2.89. The van der Waals surface area contributed by atoms with Crippen LogP contribution in [0.1, 0.15) is 54.4 Å². The van der Waals surface area contributed by atoms with E-state index in [2.05, 4.69) is 0 Å². The first-order valence-corrected chi connectivity index (χ1v) is 11.6. The Morgan fingerprint density at radius 2 is 1.47 bits per heavy atom. The number of carbonyl (C=O) groups is 3. The molecule has 7 aliphatic carbocycles. The van der Waals surface area contributed by atoms with Gasteiger partial charge in [0.05, 0.1) is 24.2 Å². The normalized spacial score (nSPS) is 61.9. The lowest BCUT2D eigenvalue weighted by Crippen LogP contribution is -2.89. The van der Waals surface area contributed by atoms with Gasteiger partial charge in [0, 0.05) is 46.8 Å². The van der Waals surface area contributed by atoms with E-state index in [1.807, 2.05) is 20.8 Å². The van der Waals surface area contributed by atoms with Gasteiger partial charge in [0.15, 0.2) is 0 Å². The van der Waals surface area contributed by atoms with Crippen molar-refractivity contribution < 1.29 is 39.2 Å². The van der Waals surface area contributed by atoms with Crippen molar-refractivity contribution in [2.75, 3.05) is 0 Å². The molecule has 8 nitrogen and oxygen atoms in total. The topological polar surface area (TPSA) is 130 Å². The van der Waals surface area contributed by atoms with Gasteiger partial charge in [-0.05, 0) is 18.3 Å². The minimum atomic E-state index is -1.28. The van der Waals surface area contributed by atoms with Crippen LogP contribution >= 0.6 is 0 Å². The molecule has 0 aromatic heterocycles. The summed E-state index contributed by atoms with van der Waals surface area (Å²) in [5.41, 5.74) is -6.39. The van der Waals surface area contributed by atoms with Crippen molar-refractivity contribution in [3.8, 4) is 0 Å². The van der Waals surface area contributed by atoms with Crippen molar-refractivity contribution >= 4 is 17.7 Å². The van der Waals surface area contributed by atoms with Gasteiger partial charge in [0.2, 0.25) is 0 Å². The van der Waals surface area contributed by atoms with Gasteiger partial charge in [-0.3, -0.25) is 14.4 Å². The molecule has 7 rings (SSSR count). The van der Waals surface area contributed by atoms with Gasteiger partial charge in [0.1, 0.15) is 18.0 Å². The number of ketones is 1. The smallest absolute Gasteiger partial charge is 0.303 e. The molecule has 0 amide bonds. The van der Waals surface area contributed by atoms with E-state index in [-0.39, 0.29) is 5.78 Å². The van der Waals surface area contributed by atoms with Crippen LogP contribution in [0.3, 0.4) is 0 Å². The Hall–Kier alpha value is -1.51. The SMILES string of the molecule is CC(=O)O[C@@H]1[C@H]2[C@@H]3C(=O)[C@]4(C)[C@@]5([C@@H]3O)[C@@H](O)CC[C@@]3(C)[C@@H](O)[C@H](OC(C)=O)[C@]4(C2(C)C)[C@@]153. The molecule has 7 fully saturated rings. The highest BCUT2D eigenvalue weighted by Crippen LogP contribution is 3.05. The third-order valence-corrected chi connectivity index (χ3v) is 11.8. The minimum Gasteiger partial charge on any atom is -0.462 e. The Morgan fingerprint density at radius 3 is 2.03 bits per heavy atom. The standard InChI is InChI=1S/C24H32O8/c1-9(25)31-17-13-12-14(28)21(6)22(15(12)29)11(27)7-8-20(5)16(30)18(32-10(2)26)23(21,19(13,3)4)24(17,20)22/h11-13,15-18,27,29-30H,7-8H2,1-6H3/t11-,12+,13+,15+,16-,17+,18-,20-,21+,22-,23+,24+/m0/s1. The van der Waals surface area contributed by atoms with E-state index in [0.29, 0.717) is 12.8 Å².